The molecule has 0 aliphatic carbocycles. The maximum atomic E-state index is 13.6. The summed E-state index contributed by atoms with van der Waals surface area (Å²) in [5, 5.41) is 11.3. The van der Waals surface area contributed by atoms with Gasteiger partial charge in [-0.05, 0) is 26.1 Å². The number of nitriles is 1. The van der Waals surface area contributed by atoms with Crippen LogP contribution in [0.3, 0.4) is 0 Å². The van der Waals surface area contributed by atoms with Crippen molar-refractivity contribution in [3.8, 4) is 6.07 Å². The summed E-state index contributed by atoms with van der Waals surface area (Å²) in [7, 11) is -2.67. The molecule has 1 aromatic carbocycles. The van der Waals surface area contributed by atoms with Gasteiger partial charge in [-0.1, -0.05) is 0 Å². The first kappa shape index (κ1) is 18.7. The predicted octanol–water partition coefficient (Wildman–Crippen LogP) is 1.14. The molecule has 0 aliphatic rings. The largest absolute Gasteiger partial charge is 0.316 e. The first-order valence-electron chi connectivity index (χ1n) is 5.38. The summed E-state index contributed by atoms with van der Waals surface area (Å²) in [5.74, 6) is -2.58. The van der Waals surface area contributed by atoms with Crippen LogP contribution in [0.15, 0.2) is 17.0 Å². The van der Waals surface area contributed by atoms with Gasteiger partial charge in [0.2, 0.25) is 10.0 Å². The quantitative estimate of drug-likeness (QED) is 0.850. The van der Waals surface area contributed by atoms with E-state index < -0.39 is 26.6 Å². The highest BCUT2D eigenvalue weighted by Gasteiger charge is 2.25. The van der Waals surface area contributed by atoms with E-state index in [1.165, 1.54) is 0 Å². The Bertz CT molecular complexity index is 594. The van der Waals surface area contributed by atoms with Crippen LogP contribution >= 0.6 is 12.4 Å². The number of nitrogens with one attached hydrogen (secondary N) is 2. The number of hydrogen-bond donors (Lipinski definition) is 2. The van der Waals surface area contributed by atoms with Gasteiger partial charge in [0.1, 0.15) is 11.6 Å². The Morgan fingerprint density at radius 1 is 1.35 bits per heavy atom. The lowest BCUT2D eigenvalue weighted by molar-refractivity contribution is 0.507. The standard InChI is InChI=1S/C11H13F2N3O2S.ClH/c1-7(15-2)6-16-19(17,18)11-9(12)3-8(5-14)4-10(11)13;/h3-4,7,15-16H,6H2,1-2H3;1H. The monoisotopic (exact) mass is 325 g/mol. The van der Waals surface area contributed by atoms with Crippen LogP contribution in [0.4, 0.5) is 8.78 Å². The van der Waals surface area contributed by atoms with E-state index in [4.69, 9.17) is 5.26 Å². The van der Waals surface area contributed by atoms with Crippen molar-refractivity contribution in [3.05, 3.63) is 29.3 Å². The molecule has 1 atom stereocenters. The number of sulfonamides is 1. The Morgan fingerprint density at radius 2 is 1.85 bits per heavy atom. The number of hydrogen-bond acceptors (Lipinski definition) is 4. The van der Waals surface area contributed by atoms with Crippen LogP contribution in [0.1, 0.15) is 12.5 Å². The van der Waals surface area contributed by atoms with Crippen molar-refractivity contribution in [2.24, 2.45) is 0 Å². The average Bonchev–Trinajstić information content (AvgIpc) is 2.34. The van der Waals surface area contributed by atoms with Crippen molar-refractivity contribution in [2.75, 3.05) is 13.6 Å². The van der Waals surface area contributed by atoms with E-state index in [0.717, 1.165) is 0 Å². The number of benzene rings is 1. The molecule has 0 heterocycles. The summed E-state index contributed by atoms with van der Waals surface area (Å²) >= 11 is 0. The van der Waals surface area contributed by atoms with E-state index in [-0.39, 0.29) is 30.6 Å². The van der Waals surface area contributed by atoms with Gasteiger partial charge in [0.05, 0.1) is 11.6 Å². The molecular formula is C11H14ClF2N3O2S. The van der Waals surface area contributed by atoms with Gasteiger partial charge in [-0.2, -0.15) is 5.26 Å². The minimum absolute atomic E-state index is 0. The molecule has 1 unspecified atom stereocenters. The zero-order valence-corrected chi connectivity index (χ0v) is 12.4. The molecule has 0 amide bonds. The summed E-state index contributed by atoms with van der Waals surface area (Å²) in [4.78, 5) is -1.07. The van der Waals surface area contributed by atoms with Gasteiger partial charge < -0.3 is 5.32 Å². The molecule has 2 N–H and O–H groups in total. The fraction of sp³-hybridized carbons (Fsp3) is 0.364. The van der Waals surface area contributed by atoms with Crippen LogP contribution < -0.4 is 10.0 Å². The van der Waals surface area contributed by atoms with Crippen LogP contribution in [0.2, 0.25) is 0 Å². The van der Waals surface area contributed by atoms with Gasteiger partial charge in [0.25, 0.3) is 0 Å². The lowest BCUT2D eigenvalue weighted by Crippen LogP contribution is -2.37. The molecule has 0 radical (unpaired) electrons. The SMILES string of the molecule is CNC(C)CNS(=O)(=O)c1c(F)cc(C#N)cc1F.Cl. The molecule has 1 rings (SSSR count). The number of halogens is 3. The molecule has 20 heavy (non-hydrogen) atoms. The molecule has 0 bridgehead atoms. The highest BCUT2D eigenvalue weighted by atomic mass is 35.5. The number of nitrogens with zero attached hydrogens (tertiary/aromatic N) is 1. The van der Waals surface area contributed by atoms with Gasteiger partial charge in [0, 0.05) is 12.6 Å². The van der Waals surface area contributed by atoms with Gasteiger partial charge in [-0.15, -0.1) is 12.4 Å². The summed E-state index contributed by atoms with van der Waals surface area (Å²) in [6.45, 7) is 1.69. The van der Waals surface area contributed by atoms with Crippen LogP contribution in [0, 0.1) is 23.0 Å². The molecule has 0 aromatic heterocycles. The van der Waals surface area contributed by atoms with Crippen molar-refractivity contribution in [1.82, 2.24) is 10.0 Å². The second kappa shape index (κ2) is 7.50. The molecule has 5 nitrogen and oxygen atoms in total. The molecular weight excluding hydrogens is 312 g/mol. The first-order valence-corrected chi connectivity index (χ1v) is 6.86. The Labute approximate surface area is 122 Å². The smallest absolute Gasteiger partial charge is 0.246 e. The third kappa shape index (κ3) is 4.38. The van der Waals surface area contributed by atoms with Crippen LogP contribution in [0.5, 0.6) is 0 Å². The zero-order valence-electron chi connectivity index (χ0n) is 10.8. The van der Waals surface area contributed by atoms with Gasteiger partial charge in [-0.3, -0.25) is 0 Å². The fourth-order valence-corrected chi connectivity index (χ4v) is 2.54. The maximum absolute atomic E-state index is 13.6. The third-order valence-electron chi connectivity index (χ3n) is 2.47. The molecule has 0 fully saturated rings. The van der Waals surface area contributed by atoms with E-state index in [2.05, 4.69) is 10.0 Å². The van der Waals surface area contributed by atoms with Crippen LogP contribution in [0.25, 0.3) is 0 Å². The Balaban J connectivity index is 0.00000361. The molecule has 0 saturated carbocycles. The van der Waals surface area contributed by atoms with Crippen molar-refractivity contribution < 1.29 is 17.2 Å². The highest BCUT2D eigenvalue weighted by molar-refractivity contribution is 7.89. The van der Waals surface area contributed by atoms with Crippen LogP contribution in [-0.2, 0) is 10.0 Å². The molecule has 0 spiro atoms. The third-order valence-corrected chi connectivity index (χ3v) is 3.94. The fourth-order valence-electron chi connectivity index (χ4n) is 1.29. The number of rotatable bonds is 5. The predicted molar refractivity (Wildman–Crippen MR) is 72.0 cm³/mol. The van der Waals surface area contributed by atoms with Gasteiger partial charge >= 0.3 is 0 Å². The topological polar surface area (TPSA) is 82.0 Å². The zero-order chi connectivity index (χ0) is 14.6. The van der Waals surface area contributed by atoms with Gasteiger partial charge in [0.15, 0.2) is 4.90 Å². The molecule has 0 saturated heterocycles. The Morgan fingerprint density at radius 3 is 2.25 bits per heavy atom. The minimum atomic E-state index is -4.30. The molecule has 112 valence electrons. The van der Waals surface area contributed by atoms with Crippen molar-refractivity contribution in [1.29, 1.82) is 5.26 Å². The van der Waals surface area contributed by atoms with Gasteiger partial charge in [-0.25, -0.2) is 21.9 Å². The lowest BCUT2D eigenvalue weighted by atomic mass is 10.2. The summed E-state index contributed by atoms with van der Waals surface area (Å²) < 4.78 is 52.8. The van der Waals surface area contributed by atoms with E-state index in [1.54, 1.807) is 20.0 Å². The van der Waals surface area contributed by atoms with E-state index >= 15 is 0 Å². The summed E-state index contributed by atoms with van der Waals surface area (Å²) in [6, 6.07) is 2.71. The Kier molecular flexibility index (Phi) is 7.02. The lowest BCUT2D eigenvalue weighted by Gasteiger charge is -2.13. The van der Waals surface area contributed by atoms with Crippen LogP contribution in [-0.4, -0.2) is 28.1 Å². The maximum Gasteiger partial charge on any atom is 0.246 e. The second-order valence-corrected chi connectivity index (χ2v) is 5.63. The summed E-state index contributed by atoms with van der Waals surface area (Å²) in [6.07, 6.45) is 0. The molecule has 0 aliphatic heterocycles. The summed E-state index contributed by atoms with van der Waals surface area (Å²) in [5.41, 5.74) is -0.280. The number of likely N-dealkylation sites (N-methyl/N-ethyl adjacent to an activating group) is 1. The van der Waals surface area contributed by atoms with E-state index in [9.17, 15) is 17.2 Å². The Hall–Kier alpha value is -1.27. The molecule has 9 heteroatoms. The minimum Gasteiger partial charge on any atom is -0.316 e. The van der Waals surface area contributed by atoms with E-state index in [0.29, 0.717) is 12.1 Å². The normalized spacial score (nSPS) is 12.3. The van der Waals surface area contributed by atoms with Crippen molar-refractivity contribution in [3.63, 3.8) is 0 Å². The van der Waals surface area contributed by atoms with Crippen molar-refractivity contribution >= 4 is 22.4 Å². The first-order chi connectivity index (χ1) is 8.81. The second-order valence-electron chi connectivity index (χ2n) is 3.92. The van der Waals surface area contributed by atoms with E-state index in [1.807, 2.05) is 0 Å². The highest BCUT2D eigenvalue weighted by Crippen LogP contribution is 2.20. The molecule has 1 aromatic rings. The average molecular weight is 326 g/mol. The van der Waals surface area contributed by atoms with Crippen molar-refractivity contribution in [2.45, 2.75) is 17.9 Å².